The fraction of sp³-hybridized carbons (Fsp3) is 0.136. The van der Waals surface area contributed by atoms with Crippen LogP contribution in [0.3, 0.4) is 0 Å². The zero-order valence-corrected chi connectivity index (χ0v) is 16.8. The Morgan fingerprint density at radius 2 is 1.57 bits per heavy atom. The van der Waals surface area contributed by atoms with Gasteiger partial charge in [-0.05, 0) is 53.9 Å². The van der Waals surface area contributed by atoms with E-state index >= 15 is 0 Å². The Balaban J connectivity index is 1.59. The van der Waals surface area contributed by atoms with Crippen LogP contribution in [0.1, 0.15) is 17.0 Å². The second-order valence-corrected chi connectivity index (χ2v) is 7.83. The van der Waals surface area contributed by atoms with Crippen LogP contribution in [0.25, 0.3) is 5.69 Å². The maximum atomic E-state index is 6.08. The van der Waals surface area contributed by atoms with Crippen LogP contribution >= 0.6 is 23.4 Å². The number of hydrogen-bond acceptors (Lipinski definition) is 4. The predicted molar refractivity (Wildman–Crippen MR) is 114 cm³/mol. The molecule has 0 spiro atoms. The maximum absolute atomic E-state index is 6.08. The van der Waals surface area contributed by atoms with Crippen LogP contribution in [0.15, 0.2) is 84.3 Å². The van der Waals surface area contributed by atoms with Crippen molar-refractivity contribution >= 4 is 23.4 Å². The van der Waals surface area contributed by atoms with Crippen molar-refractivity contribution in [3.05, 3.63) is 101 Å². The molecule has 0 fully saturated rings. The van der Waals surface area contributed by atoms with E-state index in [0.29, 0.717) is 5.02 Å². The number of benzene rings is 2. The molecular weight excluding hydrogens is 388 g/mol. The van der Waals surface area contributed by atoms with Crippen molar-refractivity contribution in [2.24, 2.45) is 0 Å². The van der Waals surface area contributed by atoms with E-state index in [1.165, 1.54) is 11.1 Å². The lowest BCUT2D eigenvalue weighted by Crippen LogP contribution is -2.04. The molecule has 2 heterocycles. The van der Waals surface area contributed by atoms with E-state index in [0.717, 1.165) is 35.3 Å². The minimum absolute atomic E-state index is 0.716. The Labute approximate surface area is 173 Å². The molecule has 0 N–H and O–H groups in total. The van der Waals surface area contributed by atoms with E-state index in [4.69, 9.17) is 11.6 Å². The van der Waals surface area contributed by atoms with Gasteiger partial charge in [0.1, 0.15) is 5.82 Å². The summed E-state index contributed by atoms with van der Waals surface area (Å²) in [6, 6.07) is 22.2. The van der Waals surface area contributed by atoms with Gasteiger partial charge in [-0.3, -0.25) is 9.55 Å². The number of rotatable bonds is 7. The second kappa shape index (κ2) is 9.04. The van der Waals surface area contributed by atoms with E-state index < -0.39 is 0 Å². The molecule has 0 radical (unpaired) electrons. The van der Waals surface area contributed by atoms with Crippen LogP contribution in [0, 0.1) is 0 Å². The number of halogens is 1. The lowest BCUT2D eigenvalue weighted by atomic mass is 10.1. The molecule has 0 aliphatic carbocycles. The Hall–Kier alpha value is -2.63. The highest BCUT2D eigenvalue weighted by Crippen LogP contribution is 2.25. The number of nitrogens with zero attached hydrogens (tertiary/aromatic N) is 4. The Morgan fingerprint density at radius 1 is 0.821 bits per heavy atom. The highest BCUT2D eigenvalue weighted by Gasteiger charge is 2.15. The third-order valence-corrected chi connectivity index (χ3v) is 5.54. The first-order valence-electron chi connectivity index (χ1n) is 9.05. The molecule has 0 aliphatic heterocycles. The molecule has 0 bridgehead atoms. The fourth-order valence-corrected chi connectivity index (χ4v) is 4.03. The van der Waals surface area contributed by atoms with Crippen molar-refractivity contribution in [2.75, 3.05) is 5.75 Å². The van der Waals surface area contributed by atoms with E-state index in [-0.39, 0.29) is 0 Å². The molecule has 2 aromatic heterocycles. The summed E-state index contributed by atoms with van der Waals surface area (Å²) in [4.78, 5) is 4.07. The minimum Gasteiger partial charge on any atom is -0.274 e. The summed E-state index contributed by atoms with van der Waals surface area (Å²) < 4.78 is 2.13. The van der Waals surface area contributed by atoms with Gasteiger partial charge in [0.25, 0.3) is 0 Å². The van der Waals surface area contributed by atoms with Gasteiger partial charge < -0.3 is 0 Å². The van der Waals surface area contributed by atoms with Gasteiger partial charge in [-0.15, -0.1) is 10.2 Å². The van der Waals surface area contributed by atoms with E-state index in [1.54, 1.807) is 11.8 Å². The lowest BCUT2D eigenvalue weighted by molar-refractivity contribution is 0.847. The van der Waals surface area contributed by atoms with Crippen LogP contribution in [0.4, 0.5) is 0 Å². The summed E-state index contributed by atoms with van der Waals surface area (Å²) in [6.45, 7) is 0. The third kappa shape index (κ3) is 4.61. The van der Waals surface area contributed by atoms with Crippen molar-refractivity contribution in [3.63, 3.8) is 0 Å². The first-order chi connectivity index (χ1) is 13.8. The summed E-state index contributed by atoms with van der Waals surface area (Å²) in [6.07, 6.45) is 5.33. The molecule has 2 aromatic carbocycles. The van der Waals surface area contributed by atoms with Gasteiger partial charge in [0.2, 0.25) is 0 Å². The predicted octanol–water partition coefficient (Wildman–Crippen LogP) is 5.24. The van der Waals surface area contributed by atoms with Gasteiger partial charge in [-0.25, -0.2) is 0 Å². The van der Waals surface area contributed by atoms with E-state index in [1.807, 2.05) is 67.0 Å². The molecule has 0 amide bonds. The Morgan fingerprint density at radius 3 is 2.32 bits per heavy atom. The molecule has 4 rings (SSSR count). The van der Waals surface area contributed by atoms with Gasteiger partial charge in [-0.2, -0.15) is 0 Å². The zero-order chi connectivity index (χ0) is 19.2. The molecule has 0 unspecified atom stereocenters. The summed E-state index contributed by atoms with van der Waals surface area (Å²) in [5.41, 5.74) is 3.50. The fourth-order valence-electron chi connectivity index (χ4n) is 2.95. The minimum atomic E-state index is 0.716. The van der Waals surface area contributed by atoms with Gasteiger partial charge in [0.15, 0.2) is 5.16 Å². The second-order valence-electron chi connectivity index (χ2n) is 6.33. The topological polar surface area (TPSA) is 43.6 Å². The number of aromatic nitrogens is 4. The average Bonchev–Trinajstić information content (AvgIpc) is 3.12. The molecule has 28 heavy (non-hydrogen) atoms. The molecule has 4 nitrogen and oxygen atoms in total. The van der Waals surface area contributed by atoms with Crippen molar-refractivity contribution in [3.8, 4) is 5.69 Å². The monoisotopic (exact) mass is 406 g/mol. The number of pyridine rings is 1. The largest absolute Gasteiger partial charge is 0.274 e. The van der Waals surface area contributed by atoms with Crippen LogP contribution in [-0.2, 0) is 12.8 Å². The molecule has 0 saturated carbocycles. The molecular formula is C22H19ClN4S. The number of hydrogen-bond donors (Lipinski definition) is 0. The van der Waals surface area contributed by atoms with Crippen LogP contribution < -0.4 is 0 Å². The van der Waals surface area contributed by atoms with Crippen LogP contribution in [0.5, 0.6) is 0 Å². The standard InChI is InChI=1S/C22H19ClN4S/c23-19-6-8-20(9-7-19)27-21(16-18-4-2-1-3-5-18)25-26-22(27)28-15-12-17-10-13-24-14-11-17/h1-11,13-14H,12,15-16H2. The van der Waals surface area contributed by atoms with Gasteiger partial charge in [0, 0.05) is 35.3 Å². The molecule has 4 aromatic rings. The SMILES string of the molecule is Clc1ccc(-n2c(Cc3ccccc3)nnc2SCCc2ccncc2)cc1. The molecule has 0 saturated heterocycles. The molecule has 0 aliphatic rings. The summed E-state index contributed by atoms with van der Waals surface area (Å²) in [7, 11) is 0. The van der Waals surface area contributed by atoms with E-state index in [2.05, 4.69) is 31.9 Å². The number of thioether (sulfide) groups is 1. The Bertz CT molecular complexity index is 1020. The van der Waals surface area contributed by atoms with Gasteiger partial charge in [-0.1, -0.05) is 53.7 Å². The van der Waals surface area contributed by atoms with Crippen molar-refractivity contribution in [1.82, 2.24) is 19.7 Å². The molecule has 140 valence electrons. The summed E-state index contributed by atoms with van der Waals surface area (Å²) >= 11 is 7.79. The summed E-state index contributed by atoms with van der Waals surface area (Å²) in [5.74, 6) is 1.83. The smallest absolute Gasteiger partial charge is 0.195 e. The maximum Gasteiger partial charge on any atom is 0.195 e. The van der Waals surface area contributed by atoms with Gasteiger partial charge >= 0.3 is 0 Å². The van der Waals surface area contributed by atoms with Crippen molar-refractivity contribution < 1.29 is 0 Å². The van der Waals surface area contributed by atoms with Crippen molar-refractivity contribution in [1.29, 1.82) is 0 Å². The third-order valence-electron chi connectivity index (χ3n) is 4.36. The normalized spacial score (nSPS) is 10.9. The highest BCUT2D eigenvalue weighted by molar-refractivity contribution is 7.99. The molecule has 6 heteroatoms. The van der Waals surface area contributed by atoms with E-state index in [9.17, 15) is 0 Å². The van der Waals surface area contributed by atoms with Gasteiger partial charge in [0.05, 0.1) is 0 Å². The van der Waals surface area contributed by atoms with Crippen LogP contribution in [0.2, 0.25) is 5.02 Å². The van der Waals surface area contributed by atoms with Crippen LogP contribution in [-0.4, -0.2) is 25.5 Å². The van der Waals surface area contributed by atoms with Crippen molar-refractivity contribution in [2.45, 2.75) is 18.0 Å². The first kappa shape index (κ1) is 18.7. The molecule has 0 atom stereocenters. The zero-order valence-electron chi connectivity index (χ0n) is 15.2. The first-order valence-corrected chi connectivity index (χ1v) is 10.4. The Kier molecular flexibility index (Phi) is 6.04. The summed E-state index contributed by atoms with van der Waals surface area (Å²) in [5, 5.41) is 10.6. The average molecular weight is 407 g/mol. The lowest BCUT2D eigenvalue weighted by Gasteiger charge is -2.10. The highest BCUT2D eigenvalue weighted by atomic mass is 35.5. The number of aryl methyl sites for hydroxylation is 1. The quantitative estimate of drug-likeness (QED) is 0.393.